The summed E-state index contributed by atoms with van der Waals surface area (Å²) in [6.45, 7) is 7.81. The SMILES string of the molecule is CCNC(=NCC1(O)CCCC1)NC(C)c1cc2cccc(OCC)c2o1. The van der Waals surface area contributed by atoms with Gasteiger partial charge in [-0.05, 0) is 45.7 Å². The van der Waals surface area contributed by atoms with Gasteiger partial charge in [0.1, 0.15) is 5.76 Å². The monoisotopic (exact) mass is 373 g/mol. The van der Waals surface area contributed by atoms with Gasteiger partial charge in [0.25, 0.3) is 0 Å². The number of benzene rings is 1. The summed E-state index contributed by atoms with van der Waals surface area (Å²) < 4.78 is 11.7. The molecule has 1 aliphatic rings. The highest BCUT2D eigenvalue weighted by molar-refractivity contribution is 5.84. The van der Waals surface area contributed by atoms with Crippen molar-refractivity contribution >= 4 is 16.9 Å². The van der Waals surface area contributed by atoms with Crippen LogP contribution in [0.3, 0.4) is 0 Å². The number of aliphatic imine (C=N–C) groups is 1. The molecule has 1 heterocycles. The highest BCUT2D eigenvalue weighted by Crippen LogP contribution is 2.31. The molecule has 3 rings (SSSR count). The normalized spacial score (nSPS) is 17.9. The van der Waals surface area contributed by atoms with Gasteiger partial charge >= 0.3 is 0 Å². The molecule has 27 heavy (non-hydrogen) atoms. The van der Waals surface area contributed by atoms with Crippen LogP contribution >= 0.6 is 0 Å². The molecule has 1 unspecified atom stereocenters. The van der Waals surface area contributed by atoms with Crippen molar-refractivity contribution in [3.63, 3.8) is 0 Å². The molecule has 2 aromatic rings. The molecular weight excluding hydrogens is 342 g/mol. The number of hydrogen-bond donors (Lipinski definition) is 3. The minimum atomic E-state index is -0.655. The van der Waals surface area contributed by atoms with Crippen LogP contribution in [0.2, 0.25) is 0 Å². The fourth-order valence-electron chi connectivity index (χ4n) is 3.55. The maximum Gasteiger partial charge on any atom is 0.191 e. The number of nitrogens with one attached hydrogen (secondary N) is 2. The van der Waals surface area contributed by atoms with E-state index in [9.17, 15) is 5.11 Å². The van der Waals surface area contributed by atoms with Crippen LogP contribution in [0.1, 0.15) is 58.3 Å². The van der Waals surface area contributed by atoms with Crippen molar-refractivity contribution in [1.29, 1.82) is 0 Å². The Balaban J connectivity index is 1.74. The van der Waals surface area contributed by atoms with Gasteiger partial charge in [0.15, 0.2) is 17.3 Å². The maximum atomic E-state index is 10.5. The third kappa shape index (κ3) is 4.75. The first-order valence-electron chi connectivity index (χ1n) is 9.97. The Morgan fingerprint density at radius 2 is 2.11 bits per heavy atom. The number of hydrogen-bond acceptors (Lipinski definition) is 4. The average Bonchev–Trinajstić information content (AvgIpc) is 3.28. The minimum absolute atomic E-state index is 0.0668. The van der Waals surface area contributed by atoms with E-state index in [0.29, 0.717) is 19.1 Å². The first-order chi connectivity index (χ1) is 13.0. The number of furan rings is 1. The molecule has 1 saturated carbocycles. The summed E-state index contributed by atoms with van der Waals surface area (Å²) in [5.41, 5.74) is 0.113. The van der Waals surface area contributed by atoms with E-state index in [1.165, 1.54) is 0 Å². The van der Waals surface area contributed by atoms with Gasteiger partial charge in [0.05, 0.1) is 24.8 Å². The standard InChI is InChI=1S/C21H31N3O3/c1-4-22-20(23-14-21(25)11-6-7-12-21)24-15(3)18-13-16-9-8-10-17(26-5-2)19(16)27-18/h8-10,13,15,25H,4-7,11-12,14H2,1-3H3,(H2,22,23,24). The smallest absolute Gasteiger partial charge is 0.191 e. The van der Waals surface area contributed by atoms with Crippen LogP contribution in [-0.2, 0) is 0 Å². The van der Waals surface area contributed by atoms with E-state index < -0.39 is 5.60 Å². The second-order valence-electron chi connectivity index (χ2n) is 7.25. The topological polar surface area (TPSA) is 79.0 Å². The Morgan fingerprint density at radius 1 is 1.33 bits per heavy atom. The molecule has 148 valence electrons. The van der Waals surface area contributed by atoms with Gasteiger partial charge in [0, 0.05) is 11.9 Å². The molecule has 6 heteroatoms. The van der Waals surface area contributed by atoms with Gasteiger partial charge in [0.2, 0.25) is 0 Å². The molecule has 1 aliphatic carbocycles. The number of nitrogens with zero attached hydrogens (tertiary/aromatic N) is 1. The van der Waals surface area contributed by atoms with Gasteiger partial charge < -0.3 is 24.9 Å². The summed E-state index contributed by atoms with van der Waals surface area (Å²) in [6, 6.07) is 7.88. The van der Waals surface area contributed by atoms with Crippen molar-refractivity contribution in [2.45, 2.75) is 58.1 Å². The quantitative estimate of drug-likeness (QED) is 0.509. The van der Waals surface area contributed by atoms with Crippen LogP contribution in [0.5, 0.6) is 5.75 Å². The number of aliphatic hydroxyl groups is 1. The zero-order valence-electron chi connectivity index (χ0n) is 16.5. The highest BCUT2D eigenvalue weighted by atomic mass is 16.5. The Hall–Kier alpha value is -2.21. The fraction of sp³-hybridized carbons (Fsp3) is 0.571. The number of ether oxygens (including phenoxy) is 1. The van der Waals surface area contributed by atoms with Crippen LogP contribution in [0.4, 0.5) is 0 Å². The van der Waals surface area contributed by atoms with Crippen molar-refractivity contribution in [3.05, 3.63) is 30.0 Å². The number of rotatable bonds is 7. The molecule has 1 fully saturated rings. The van der Waals surface area contributed by atoms with E-state index in [-0.39, 0.29) is 6.04 Å². The molecule has 0 spiro atoms. The largest absolute Gasteiger partial charge is 0.490 e. The molecule has 0 bridgehead atoms. The van der Waals surface area contributed by atoms with Gasteiger partial charge in [-0.2, -0.15) is 0 Å². The van der Waals surface area contributed by atoms with Crippen molar-refractivity contribution in [1.82, 2.24) is 10.6 Å². The van der Waals surface area contributed by atoms with Gasteiger partial charge in [-0.15, -0.1) is 0 Å². The van der Waals surface area contributed by atoms with Crippen molar-refractivity contribution in [2.24, 2.45) is 4.99 Å². The van der Waals surface area contributed by atoms with Gasteiger partial charge in [-0.3, -0.25) is 4.99 Å². The number of para-hydroxylation sites is 1. The fourth-order valence-corrected chi connectivity index (χ4v) is 3.55. The third-order valence-electron chi connectivity index (χ3n) is 5.02. The lowest BCUT2D eigenvalue weighted by Crippen LogP contribution is -2.40. The lowest BCUT2D eigenvalue weighted by atomic mass is 10.0. The molecule has 0 aliphatic heterocycles. The molecule has 1 aromatic carbocycles. The number of fused-ring (bicyclic) bond motifs is 1. The Kier molecular flexibility index (Phi) is 6.26. The van der Waals surface area contributed by atoms with Crippen LogP contribution < -0.4 is 15.4 Å². The van der Waals surface area contributed by atoms with Crippen molar-refractivity contribution < 1.29 is 14.3 Å². The van der Waals surface area contributed by atoms with Crippen molar-refractivity contribution in [2.75, 3.05) is 19.7 Å². The zero-order valence-corrected chi connectivity index (χ0v) is 16.5. The second-order valence-corrected chi connectivity index (χ2v) is 7.25. The van der Waals surface area contributed by atoms with Gasteiger partial charge in [-0.1, -0.05) is 25.0 Å². The molecule has 0 amide bonds. The van der Waals surface area contributed by atoms with Crippen LogP contribution in [-0.4, -0.2) is 36.4 Å². The number of guanidine groups is 1. The van der Waals surface area contributed by atoms with E-state index in [2.05, 4.69) is 15.6 Å². The minimum Gasteiger partial charge on any atom is -0.490 e. The summed E-state index contributed by atoms with van der Waals surface area (Å²) in [7, 11) is 0. The lowest BCUT2D eigenvalue weighted by Gasteiger charge is -2.21. The van der Waals surface area contributed by atoms with Crippen molar-refractivity contribution in [3.8, 4) is 5.75 Å². The second kappa shape index (κ2) is 8.65. The van der Waals surface area contributed by atoms with Crippen LogP contribution in [0.15, 0.2) is 33.7 Å². The summed E-state index contributed by atoms with van der Waals surface area (Å²) in [5.74, 6) is 2.27. The van der Waals surface area contributed by atoms with E-state index in [4.69, 9.17) is 9.15 Å². The predicted octanol–water partition coefficient (Wildman–Crippen LogP) is 3.75. The van der Waals surface area contributed by atoms with E-state index in [1.54, 1.807) is 0 Å². The first kappa shape index (κ1) is 19.5. The predicted molar refractivity (Wildman–Crippen MR) is 108 cm³/mol. The first-order valence-corrected chi connectivity index (χ1v) is 9.97. The van der Waals surface area contributed by atoms with Crippen LogP contribution in [0.25, 0.3) is 11.0 Å². The van der Waals surface area contributed by atoms with E-state index >= 15 is 0 Å². The molecule has 3 N–H and O–H groups in total. The molecule has 1 aromatic heterocycles. The van der Waals surface area contributed by atoms with E-state index in [0.717, 1.165) is 54.7 Å². The Bertz CT molecular complexity index is 778. The molecular formula is C21H31N3O3. The summed E-state index contributed by atoms with van der Waals surface area (Å²) in [6.07, 6.45) is 3.81. The molecule has 6 nitrogen and oxygen atoms in total. The van der Waals surface area contributed by atoms with E-state index in [1.807, 2.05) is 45.0 Å². The Morgan fingerprint density at radius 3 is 2.81 bits per heavy atom. The molecule has 0 saturated heterocycles. The summed E-state index contributed by atoms with van der Waals surface area (Å²) >= 11 is 0. The highest BCUT2D eigenvalue weighted by Gasteiger charge is 2.30. The zero-order chi connectivity index (χ0) is 19.3. The third-order valence-corrected chi connectivity index (χ3v) is 5.02. The molecule has 0 radical (unpaired) electrons. The maximum absolute atomic E-state index is 10.5. The Labute approximate surface area is 161 Å². The molecule has 1 atom stereocenters. The van der Waals surface area contributed by atoms with Crippen LogP contribution in [0, 0.1) is 0 Å². The summed E-state index contributed by atoms with van der Waals surface area (Å²) in [4.78, 5) is 4.61. The van der Waals surface area contributed by atoms with Gasteiger partial charge in [-0.25, -0.2) is 0 Å². The average molecular weight is 373 g/mol. The lowest BCUT2D eigenvalue weighted by molar-refractivity contribution is 0.0574. The summed E-state index contributed by atoms with van der Waals surface area (Å²) in [5, 5.41) is 18.2.